The molecule has 0 heterocycles. The van der Waals surface area contributed by atoms with E-state index in [0.29, 0.717) is 0 Å². The lowest BCUT2D eigenvalue weighted by Crippen LogP contribution is -2.28. The molecule has 0 amide bonds. The molecule has 1 N–H and O–H groups in total. The normalized spacial score (nSPS) is 17.6. The minimum Gasteiger partial charge on any atom is -0.212 e. The van der Waals surface area contributed by atoms with E-state index >= 15 is 0 Å². The Balaban J connectivity index is 2.10. The van der Waals surface area contributed by atoms with Crippen molar-refractivity contribution >= 4 is 26.0 Å². The molecule has 0 unspecified atom stereocenters. The number of nitrogens with one attached hydrogen (secondary N) is 1. The third-order valence-electron chi connectivity index (χ3n) is 1.97. The Hall–Kier alpha value is 0.390. The maximum absolute atomic E-state index is 11.3. The van der Waals surface area contributed by atoms with Crippen LogP contribution in [0.1, 0.15) is 32.1 Å². The van der Waals surface area contributed by atoms with Gasteiger partial charge in [0.2, 0.25) is 10.0 Å². The topological polar surface area (TPSA) is 46.2 Å². The first-order valence-corrected chi connectivity index (χ1v) is 7.47. The zero-order chi connectivity index (χ0) is 9.73. The van der Waals surface area contributed by atoms with Gasteiger partial charge in [0.25, 0.3) is 0 Å². The maximum Gasteiger partial charge on any atom is 0.211 e. The van der Waals surface area contributed by atoms with E-state index in [1.54, 1.807) is 0 Å². The molecule has 1 aliphatic carbocycles. The summed E-state index contributed by atoms with van der Waals surface area (Å²) in [6, 6.07) is 0.251. The zero-order valence-electron chi connectivity index (χ0n) is 7.63. The van der Waals surface area contributed by atoms with Crippen molar-refractivity contribution in [3.8, 4) is 0 Å². The van der Waals surface area contributed by atoms with Crippen LogP contribution >= 0.6 is 15.9 Å². The smallest absolute Gasteiger partial charge is 0.211 e. The van der Waals surface area contributed by atoms with Crippen LogP contribution in [0.4, 0.5) is 0 Å². The van der Waals surface area contributed by atoms with Crippen LogP contribution in [0.15, 0.2) is 0 Å². The molecule has 0 bridgehead atoms. The second kappa shape index (κ2) is 5.32. The van der Waals surface area contributed by atoms with Gasteiger partial charge < -0.3 is 0 Å². The van der Waals surface area contributed by atoms with Crippen LogP contribution in [0.5, 0.6) is 0 Å². The fourth-order valence-electron chi connectivity index (χ4n) is 1.08. The minimum atomic E-state index is -2.96. The number of hydrogen-bond donors (Lipinski definition) is 1. The summed E-state index contributed by atoms with van der Waals surface area (Å²) in [7, 11) is -2.96. The van der Waals surface area contributed by atoms with E-state index in [1.165, 1.54) is 0 Å². The Morgan fingerprint density at radius 1 is 1.23 bits per heavy atom. The largest absolute Gasteiger partial charge is 0.212 e. The van der Waals surface area contributed by atoms with Gasteiger partial charge in [-0.1, -0.05) is 22.4 Å². The molecule has 0 radical (unpaired) electrons. The Morgan fingerprint density at radius 3 is 2.46 bits per heavy atom. The SMILES string of the molecule is O=S(=O)(CCCCCBr)NC1CC1. The standard InChI is InChI=1S/C8H16BrNO2S/c9-6-2-1-3-7-13(11,12)10-8-4-5-8/h8,10H,1-7H2. The zero-order valence-corrected chi connectivity index (χ0v) is 10.0. The average Bonchev–Trinajstić information content (AvgIpc) is 2.81. The lowest BCUT2D eigenvalue weighted by molar-refractivity contribution is 0.576. The number of halogens is 1. The van der Waals surface area contributed by atoms with Crippen molar-refractivity contribution in [2.45, 2.75) is 38.1 Å². The summed E-state index contributed by atoms with van der Waals surface area (Å²) >= 11 is 3.32. The van der Waals surface area contributed by atoms with Crippen molar-refractivity contribution in [1.29, 1.82) is 0 Å². The molecule has 0 atom stereocenters. The highest BCUT2D eigenvalue weighted by Crippen LogP contribution is 2.19. The number of hydrogen-bond acceptors (Lipinski definition) is 2. The molecule has 0 saturated heterocycles. The lowest BCUT2D eigenvalue weighted by atomic mass is 10.3. The summed E-state index contributed by atoms with van der Waals surface area (Å²) in [5.41, 5.74) is 0. The molecule has 13 heavy (non-hydrogen) atoms. The van der Waals surface area contributed by atoms with Crippen LogP contribution in [-0.2, 0) is 10.0 Å². The van der Waals surface area contributed by atoms with Crippen molar-refractivity contribution in [3.05, 3.63) is 0 Å². The average molecular weight is 270 g/mol. The third-order valence-corrected chi connectivity index (χ3v) is 4.05. The molecule has 78 valence electrons. The lowest BCUT2D eigenvalue weighted by Gasteiger charge is -2.03. The fraction of sp³-hybridized carbons (Fsp3) is 1.00. The minimum absolute atomic E-state index is 0.251. The Morgan fingerprint density at radius 2 is 1.92 bits per heavy atom. The highest BCUT2D eigenvalue weighted by Gasteiger charge is 2.26. The molecule has 5 heteroatoms. The molecule has 1 aliphatic rings. The van der Waals surface area contributed by atoms with E-state index in [9.17, 15) is 8.42 Å². The molecule has 0 spiro atoms. The van der Waals surface area contributed by atoms with E-state index in [0.717, 1.165) is 37.4 Å². The second-order valence-corrected chi connectivity index (χ2v) is 6.13. The van der Waals surface area contributed by atoms with Gasteiger partial charge in [0.1, 0.15) is 0 Å². The number of sulfonamides is 1. The van der Waals surface area contributed by atoms with Gasteiger partial charge in [-0.25, -0.2) is 13.1 Å². The molecule has 3 nitrogen and oxygen atoms in total. The van der Waals surface area contributed by atoms with Gasteiger partial charge in [0, 0.05) is 11.4 Å². The van der Waals surface area contributed by atoms with Crippen LogP contribution in [0.3, 0.4) is 0 Å². The molecule has 0 aromatic heterocycles. The van der Waals surface area contributed by atoms with Crippen LogP contribution in [0.2, 0.25) is 0 Å². The van der Waals surface area contributed by atoms with Gasteiger partial charge >= 0.3 is 0 Å². The van der Waals surface area contributed by atoms with Crippen LogP contribution in [0.25, 0.3) is 0 Å². The first-order valence-electron chi connectivity index (χ1n) is 4.70. The van der Waals surface area contributed by atoms with Crippen LogP contribution < -0.4 is 4.72 Å². The number of unbranched alkanes of at least 4 members (excludes halogenated alkanes) is 2. The monoisotopic (exact) mass is 269 g/mol. The first kappa shape index (κ1) is 11.5. The summed E-state index contributed by atoms with van der Waals surface area (Å²) in [4.78, 5) is 0. The van der Waals surface area contributed by atoms with Crippen LogP contribution in [-0.4, -0.2) is 25.5 Å². The van der Waals surface area contributed by atoms with Crippen molar-refractivity contribution in [2.24, 2.45) is 0 Å². The first-order chi connectivity index (χ1) is 6.14. The molecule has 1 fully saturated rings. The number of alkyl halides is 1. The van der Waals surface area contributed by atoms with E-state index in [-0.39, 0.29) is 11.8 Å². The van der Waals surface area contributed by atoms with Crippen molar-refractivity contribution in [1.82, 2.24) is 4.72 Å². The highest BCUT2D eigenvalue weighted by atomic mass is 79.9. The quantitative estimate of drug-likeness (QED) is 0.564. The predicted molar refractivity (Wildman–Crippen MR) is 57.6 cm³/mol. The summed E-state index contributed by atoms with van der Waals surface area (Å²) in [6.07, 6.45) is 4.84. The van der Waals surface area contributed by atoms with E-state index in [1.807, 2.05) is 0 Å². The molecular formula is C8H16BrNO2S. The summed E-state index contributed by atoms with van der Waals surface area (Å²) in [5, 5.41) is 0.961. The molecule has 0 aromatic carbocycles. The predicted octanol–water partition coefficient (Wildman–Crippen LogP) is 1.63. The van der Waals surface area contributed by atoms with E-state index in [4.69, 9.17) is 0 Å². The Bertz CT molecular complexity index is 237. The molecule has 1 rings (SSSR count). The third kappa shape index (κ3) is 5.65. The van der Waals surface area contributed by atoms with Crippen molar-refractivity contribution in [2.75, 3.05) is 11.1 Å². The van der Waals surface area contributed by atoms with Gasteiger partial charge in [0.15, 0.2) is 0 Å². The van der Waals surface area contributed by atoms with Gasteiger partial charge in [-0.05, 0) is 25.7 Å². The van der Waals surface area contributed by atoms with Crippen LogP contribution in [0, 0.1) is 0 Å². The molecule has 0 aromatic rings. The summed E-state index contributed by atoms with van der Waals surface area (Å²) in [5.74, 6) is 0.288. The van der Waals surface area contributed by atoms with Gasteiger partial charge in [-0.3, -0.25) is 0 Å². The van der Waals surface area contributed by atoms with E-state index in [2.05, 4.69) is 20.7 Å². The maximum atomic E-state index is 11.3. The van der Waals surface area contributed by atoms with Crippen molar-refractivity contribution < 1.29 is 8.42 Å². The van der Waals surface area contributed by atoms with Gasteiger partial charge in [-0.15, -0.1) is 0 Å². The Kier molecular flexibility index (Phi) is 4.69. The Labute approximate surface area is 88.5 Å². The highest BCUT2D eigenvalue weighted by molar-refractivity contribution is 9.09. The molecule has 1 saturated carbocycles. The molecular weight excluding hydrogens is 254 g/mol. The second-order valence-electron chi connectivity index (χ2n) is 3.46. The van der Waals surface area contributed by atoms with Gasteiger partial charge in [-0.2, -0.15) is 0 Å². The van der Waals surface area contributed by atoms with Crippen molar-refractivity contribution in [3.63, 3.8) is 0 Å². The van der Waals surface area contributed by atoms with Gasteiger partial charge in [0.05, 0.1) is 5.75 Å². The molecule has 0 aliphatic heterocycles. The van der Waals surface area contributed by atoms with E-state index < -0.39 is 10.0 Å². The summed E-state index contributed by atoms with van der Waals surface area (Å²) < 4.78 is 25.3. The summed E-state index contributed by atoms with van der Waals surface area (Å²) in [6.45, 7) is 0. The number of rotatable bonds is 7. The fourth-order valence-corrected chi connectivity index (χ4v) is 2.92.